The summed E-state index contributed by atoms with van der Waals surface area (Å²) in [6.45, 7) is 2.12. The average molecular weight is 344 g/mol. The Morgan fingerprint density at radius 3 is 2.92 bits per heavy atom. The number of hydrogen-bond acceptors (Lipinski definition) is 6. The zero-order chi connectivity index (χ0) is 17.4. The van der Waals surface area contributed by atoms with Gasteiger partial charge in [-0.05, 0) is 56.0 Å². The summed E-state index contributed by atoms with van der Waals surface area (Å²) >= 11 is 0. The van der Waals surface area contributed by atoms with E-state index in [0.717, 1.165) is 43.6 Å². The number of nitrogens with zero attached hydrogens (tertiary/aromatic N) is 2. The number of carbonyl (C=O) groups excluding carboxylic acids is 2. The molecule has 2 atom stereocenters. The number of anilines is 2. The minimum absolute atomic E-state index is 0.0545. The van der Waals surface area contributed by atoms with Crippen LogP contribution in [0, 0.1) is 0 Å². The van der Waals surface area contributed by atoms with Crippen molar-refractivity contribution in [2.24, 2.45) is 0 Å². The van der Waals surface area contributed by atoms with Gasteiger partial charge in [-0.2, -0.15) is 5.06 Å². The molecule has 2 fully saturated rings. The van der Waals surface area contributed by atoms with Crippen molar-refractivity contribution in [2.45, 2.75) is 44.0 Å². The summed E-state index contributed by atoms with van der Waals surface area (Å²) in [4.78, 5) is 30.8. The second kappa shape index (κ2) is 6.65. The van der Waals surface area contributed by atoms with Gasteiger partial charge < -0.3 is 20.3 Å². The molecule has 1 amide bonds. The monoisotopic (exact) mass is 344 g/mol. The minimum atomic E-state index is -0.363. The number of rotatable bonds is 6. The maximum absolute atomic E-state index is 11.6. The maximum atomic E-state index is 11.6. The lowest BCUT2D eigenvalue weighted by molar-refractivity contribution is -0.120. The molecule has 3 aliphatic heterocycles. The Labute approximate surface area is 147 Å². The lowest BCUT2D eigenvalue weighted by Crippen LogP contribution is -2.38. The van der Waals surface area contributed by atoms with Crippen LogP contribution in [0.1, 0.15) is 37.2 Å². The molecule has 1 aromatic rings. The molecule has 2 unspecified atom stereocenters. The number of piperidine rings is 1. The molecule has 0 spiro atoms. The zero-order valence-electron chi connectivity index (χ0n) is 14.4. The molecule has 4 rings (SSSR count). The van der Waals surface area contributed by atoms with Gasteiger partial charge >= 0.3 is 0 Å². The summed E-state index contributed by atoms with van der Waals surface area (Å²) in [5.74, 6) is 0.523. The third kappa shape index (κ3) is 2.98. The lowest BCUT2D eigenvalue weighted by Gasteiger charge is -2.26. The van der Waals surface area contributed by atoms with Crippen molar-refractivity contribution in [2.75, 3.05) is 30.1 Å². The van der Waals surface area contributed by atoms with E-state index in [-0.39, 0.29) is 18.3 Å². The quantitative estimate of drug-likeness (QED) is 0.595. The number of carbonyl (C=O) groups is 2. The number of aldehydes is 1. The number of fused-ring (bicyclic) bond motifs is 3. The van der Waals surface area contributed by atoms with Crippen molar-refractivity contribution in [3.8, 4) is 0 Å². The second-order valence-electron chi connectivity index (χ2n) is 6.85. The summed E-state index contributed by atoms with van der Waals surface area (Å²) < 4.78 is 0. The van der Waals surface area contributed by atoms with Gasteiger partial charge in [0.1, 0.15) is 6.29 Å². The molecule has 1 aromatic carbocycles. The number of nitrogens with one attached hydrogen (secondary N) is 2. The first kappa shape index (κ1) is 16.4. The summed E-state index contributed by atoms with van der Waals surface area (Å²) in [5.41, 5.74) is 3.39. The molecule has 3 aliphatic rings. The lowest BCUT2D eigenvalue weighted by atomic mass is 9.90. The topological polar surface area (TPSA) is 77.0 Å². The molecule has 0 saturated carbocycles. The van der Waals surface area contributed by atoms with Crippen molar-refractivity contribution < 1.29 is 14.4 Å². The summed E-state index contributed by atoms with van der Waals surface area (Å²) in [7, 11) is 1.61. The van der Waals surface area contributed by atoms with Crippen molar-refractivity contribution in [3.63, 3.8) is 0 Å². The van der Waals surface area contributed by atoms with E-state index >= 15 is 0 Å². The molecular formula is C18H24N4O3. The average Bonchev–Trinajstić information content (AvgIpc) is 3.39. The third-order valence-electron chi connectivity index (χ3n) is 5.39. The van der Waals surface area contributed by atoms with Gasteiger partial charge in [0.15, 0.2) is 0 Å². The van der Waals surface area contributed by atoms with Crippen LogP contribution in [0.2, 0.25) is 0 Å². The molecule has 0 aromatic heterocycles. The summed E-state index contributed by atoms with van der Waals surface area (Å²) in [6.07, 6.45) is 3.81. The largest absolute Gasteiger partial charge is 0.359 e. The Bertz CT molecular complexity index is 674. The van der Waals surface area contributed by atoms with E-state index in [2.05, 4.69) is 28.8 Å². The van der Waals surface area contributed by atoms with E-state index in [0.29, 0.717) is 18.8 Å². The van der Waals surface area contributed by atoms with Crippen molar-refractivity contribution >= 4 is 23.6 Å². The maximum Gasteiger partial charge on any atom is 0.258 e. The SMILES string of the molecule is CNC(=O)CCC(C=O)N1c2ccc(C3CCNCC3)cc2N2OC21. The molecule has 2 saturated heterocycles. The van der Waals surface area contributed by atoms with Gasteiger partial charge in [-0.25, -0.2) is 4.84 Å². The first-order chi connectivity index (χ1) is 12.2. The molecule has 7 heteroatoms. The van der Waals surface area contributed by atoms with Crippen molar-refractivity contribution in [1.82, 2.24) is 10.6 Å². The fraction of sp³-hybridized carbons (Fsp3) is 0.556. The Balaban J connectivity index is 1.54. The zero-order valence-corrected chi connectivity index (χ0v) is 14.4. The number of hydroxylamine groups is 1. The highest BCUT2D eigenvalue weighted by Gasteiger charge is 2.53. The van der Waals surface area contributed by atoms with E-state index in [1.165, 1.54) is 5.56 Å². The fourth-order valence-corrected chi connectivity index (χ4v) is 3.90. The van der Waals surface area contributed by atoms with E-state index in [9.17, 15) is 9.59 Å². The van der Waals surface area contributed by atoms with Gasteiger partial charge in [-0.15, -0.1) is 0 Å². The van der Waals surface area contributed by atoms with Crippen LogP contribution < -0.4 is 20.6 Å². The number of amides is 1. The smallest absolute Gasteiger partial charge is 0.258 e. The highest BCUT2D eigenvalue weighted by atomic mass is 16.9. The predicted octanol–water partition coefficient (Wildman–Crippen LogP) is 1.10. The normalized spacial score (nSPS) is 23.0. The minimum Gasteiger partial charge on any atom is -0.359 e. The molecule has 2 N–H and O–H groups in total. The Morgan fingerprint density at radius 2 is 2.20 bits per heavy atom. The summed E-state index contributed by atoms with van der Waals surface area (Å²) in [5, 5.41) is 7.85. The first-order valence-corrected chi connectivity index (χ1v) is 8.98. The van der Waals surface area contributed by atoms with Gasteiger partial charge in [0.05, 0.1) is 17.4 Å². The highest BCUT2D eigenvalue weighted by Crippen LogP contribution is 2.50. The highest BCUT2D eigenvalue weighted by molar-refractivity contribution is 5.84. The van der Waals surface area contributed by atoms with Crippen LogP contribution in [-0.2, 0) is 14.4 Å². The molecule has 0 bridgehead atoms. The number of hydrogen-bond donors (Lipinski definition) is 2. The van der Waals surface area contributed by atoms with Crippen LogP contribution in [0.25, 0.3) is 0 Å². The standard InChI is InChI=1S/C18H24N4O3/c1-19-17(24)5-3-14(11-23)21-15-4-2-13(12-6-8-20-9-7-12)10-16(15)22-18(21)25-22/h2,4,10-12,14,18,20H,3,5-9H2,1H3,(H,19,24). The fourth-order valence-electron chi connectivity index (χ4n) is 3.90. The van der Waals surface area contributed by atoms with Crippen LogP contribution in [0.15, 0.2) is 18.2 Å². The molecule has 25 heavy (non-hydrogen) atoms. The molecule has 3 heterocycles. The van der Waals surface area contributed by atoms with Crippen LogP contribution in [0.4, 0.5) is 11.4 Å². The van der Waals surface area contributed by atoms with Crippen LogP contribution in [-0.4, -0.2) is 44.7 Å². The van der Waals surface area contributed by atoms with Crippen LogP contribution in [0.5, 0.6) is 0 Å². The molecule has 0 aliphatic carbocycles. The van der Waals surface area contributed by atoms with E-state index in [1.807, 2.05) is 9.96 Å². The van der Waals surface area contributed by atoms with E-state index in [4.69, 9.17) is 4.84 Å². The van der Waals surface area contributed by atoms with E-state index < -0.39 is 0 Å². The van der Waals surface area contributed by atoms with Crippen molar-refractivity contribution in [3.05, 3.63) is 23.8 Å². The second-order valence-corrected chi connectivity index (χ2v) is 6.85. The third-order valence-corrected chi connectivity index (χ3v) is 5.39. The Hall–Kier alpha value is -2.12. The van der Waals surface area contributed by atoms with E-state index in [1.54, 1.807) is 7.05 Å². The molecule has 134 valence electrons. The van der Waals surface area contributed by atoms with Crippen LogP contribution in [0.3, 0.4) is 0 Å². The predicted molar refractivity (Wildman–Crippen MR) is 94.3 cm³/mol. The summed E-state index contributed by atoms with van der Waals surface area (Å²) in [6, 6.07) is 6.11. The molecular weight excluding hydrogens is 320 g/mol. The Morgan fingerprint density at radius 1 is 1.40 bits per heavy atom. The van der Waals surface area contributed by atoms with Crippen LogP contribution >= 0.6 is 0 Å². The van der Waals surface area contributed by atoms with Gasteiger partial charge in [0, 0.05) is 13.5 Å². The first-order valence-electron chi connectivity index (χ1n) is 8.98. The molecule has 0 radical (unpaired) electrons. The number of benzene rings is 1. The Kier molecular flexibility index (Phi) is 4.35. The van der Waals surface area contributed by atoms with Crippen molar-refractivity contribution in [1.29, 1.82) is 0 Å². The molecule has 7 nitrogen and oxygen atoms in total. The van der Waals surface area contributed by atoms with Gasteiger partial charge in [0.25, 0.3) is 6.35 Å². The van der Waals surface area contributed by atoms with Gasteiger partial charge in [-0.3, -0.25) is 4.79 Å². The van der Waals surface area contributed by atoms with Gasteiger partial charge in [-0.1, -0.05) is 6.07 Å². The van der Waals surface area contributed by atoms with Gasteiger partial charge in [0.2, 0.25) is 5.91 Å².